The molecule has 18 heavy (non-hydrogen) atoms. The summed E-state index contributed by atoms with van der Waals surface area (Å²) in [7, 11) is 0. The van der Waals surface area contributed by atoms with Crippen molar-refractivity contribution in [3.63, 3.8) is 0 Å². The molecule has 0 aliphatic carbocycles. The first-order valence-electron chi connectivity index (χ1n) is 5.62. The van der Waals surface area contributed by atoms with E-state index in [0.29, 0.717) is 0 Å². The van der Waals surface area contributed by atoms with Gasteiger partial charge in [-0.2, -0.15) is 0 Å². The molecule has 0 fully saturated rings. The molecule has 1 N–H and O–H groups in total. The Balaban J connectivity index is 1.79. The first kappa shape index (κ1) is 14.0. The highest BCUT2D eigenvalue weighted by atomic mass is 127. The summed E-state index contributed by atoms with van der Waals surface area (Å²) < 4.78 is 1.15. The quantitative estimate of drug-likeness (QED) is 0.431. The third-order valence-electron chi connectivity index (χ3n) is 2.36. The average molecular weight is 390 g/mol. The van der Waals surface area contributed by atoms with Crippen molar-refractivity contribution in [3.05, 3.63) is 57.1 Å². The minimum absolute atomic E-state index is 0.784. The third kappa shape index (κ3) is 4.37. The van der Waals surface area contributed by atoms with E-state index in [4.69, 9.17) is 11.6 Å². The summed E-state index contributed by atoms with van der Waals surface area (Å²) in [6, 6.07) is 16.5. The van der Waals surface area contributed by atoms with E-state index in [-0.39, 0.29) is 0 Å². The molecule has 0 amide bonds. The number of hydrogen-bond donors (Lipinski definition) is 1. The molecule has 94 valence electrons. The molecule has 1 nitrogen and oxygen atoms in total. The molecule has 0 heterocycles. The Labute approximate surface area is 130 Å². The lowest BCUT2D eigenvalue weighted by atomic mass is 10.3. The maximum absolute atomic E-state index is 6.15. The van der Waals surface area contributed by atoms with Gasteiger partial charge in [0.25, 0.3) is 0 Å². The molecule has 0 radical (unpaired) electrons. The number of nitrogens with one attached hydrogen (secondary N) is 1. The summed E-state index contributed by atoms with van der Waals surface area (Å²) >= 11 is 10.3. The fourth-order valence-corrected chi connectivity index (χ4v) is 3.22. The maximum atomic E-state index is 6.15. The van der Waals surface area contributed by atoms with Crippen molar-refractivity contribution in [3.8, 4) is 0 Å². The van der Waals surface area contributed by atoms with Gasteiger partial charge in [0.2, 0.25) is 0 Å². The van der Waals surface area contributed by atoms with Crippen LogP contribution >= 0.6 is 46.0 Å². The van der Waals surface area contributed by atoms with E-state index >= 15 is 0 Å². The van der Waals surface area contributed by atoms with Crippen LogP contribution in [0.25, 0.3) is 0 Å². The molecule has 2 aromatic carbocycles. The van der Waals surface area contributed by atoms with Crippen LogP contribution < -0.4 is 5.32 Å². The van der Waals surface area contributed by atoms with Gasteiger partial charge in [-0.25, -0.2) is 0 Å². The highest BCUT2D eigenvalue weighted by Gasteiger charge is 2.00. The Morgan fingerprint density at radius 1 is 1.11 bits per heavy atom. The summed E-state index contributed by atoms with van der Waals surface area (Å²) in [5.41, 5.74) is 1.01. The van der Waals surface area contributed by atoms with Crippen molar-refractivity contribution < 1.29 is 0 Å². The number of halogens is 2. The second kappa shape index (κ2) is 7.26. The van der Waals surface area contributed by atoms with Gasteiger partial charge in [0.05, 0.1) is 10.7 Å². The van der Waals surface area contributed by atoms with E-state index in [1.54, 1.807) is 0 Å². The Hall–Kier alpha value is -0.390. The van der Waals surface area contributed by atoms with Crippen LogP contribution in [0.1, 0.15) is 0 Å². The smallest absolute Gasteiger partial charge is 0.0648 e. The van der Waals surface area contributed by atoms with Crippen LogP contribution in [0, 0.1) is 3.57 Å². The zero-order valence-electron chi connectivity index (χ0n) is 9.70. The van der Waals surface area contributed by atoms with E-state index in [9.17, 15) is 0 Å². The van der Waals surface area contributed by atoms with Crippen LogP contribution in [0.5, 0.6) is 0 Å². The summed E-state index contributed by atoms with van der Waals surface area (Å²) in [6.07, 6.45) is 0. The molecule has 0 spiro atoms. The topological polar surface area (TPSA) is 12.0 Å². The van der Waals surface area contributed by atoms with Crippen molar-refractivity contribution in [2.75, 3.05) is 17.6 Å². The molecule has 4 heteroatoms. The SMILES string of the molecule is Clc1cc(I)ccc1NCCSc1ccccc1. The molecule has 0 bridgehead atoms. The molecule has 0 atom stereocenters. The number of anilines is 1. The molecular weight excluding hydrogens is 377 g/mol. The Bertz CT molecular complexity index is 504. The normalized spacial score (nSPS) is 10.3. The first-order valence-corrected chi connectivity index (χ1v) is 8.07. The van der Waals surface area contributed by atoms with E-state index in [1.165, 1.54) is 4.90 Å². The van der Waals surface area contributed by atoms with E-state index in [0.717, 1.165) is 26.6 Å². The largest absolute Gasteiger partial charge is 0.383 e. The van der Waals surface area contributed by atoms with Gasteiger partial charge in [-0.15, -0.1) is 11.8 Å². The zero-order chi connectivity index (χ0) is 12.8. The highest BCUT2D eigenvalue weighted by Crippen LogP contribution is 2.24. The second-order valence-electron chi connectivity index (χ2n) is 3.71. The monoisotopic (exact) mass is 389 g/mol. The lowest BCUT2D eigenvalue weighted by Crippen LogP contribution is -2.04. The Kier molecular flexibility index (Phi) is 5.66. The fourth-order valence-electron chi connectivity index (χ4n) is 1.50. The van der Waals surface area contributed by atoms with Crippen LogP contribution in [0.4, 0.5) is 5.69 Å². The first-order chi connectivity index (χ1) is 8.75. The molecule has 0 aliphatic rings. The fraction of sp³-hybridized carbons (Fsp3) is 0.143. The number of rotatable bonds is 5. The Morgan fingerprint density at radius 2 is 1.89 bits per heavy atom. The van der Waals surface area contributed by atoms with Gasteiger partial charge in [-0.1, -0.05) is 29.8 Å². The summed E-state index contributed by atoms with van der Waals surface area (Å²) in [4.78, 5) is 1.30. The van der Waals surface area contributed by atoms with E-state index in [2.05, 4.69) is 58.2 Å². The predicted molar refractivity (Wildman–Crippen MR) is 89.8 cm³/mol. The summed E-state index contributed by atoms with van der Waals surface area (Å²) in [6.45, 7) is 0.903. The second-order valence-corrected chi connectivity index (χ2v) is 6.53. The van der Waals surface area contributed by atoms with Gasteiger partial charge in [0.15, 0.2) is 0 Å². The molecule has 0 unspecified atom stereocenters. The van der Waals surface area contributed by atoms with Crippen LogP contribution in [0.15, 0.2) is 53.4 Å². The molecule has 2 rings (SSSR count). The third-order valence-corrected chi connectivity index (χ3v) is 4.36. The number of hydrogen-bond acceptors (Lipinski definition) is 2. The van der Waals surface area contributed by atoms with Crippen molar-refractivity contribution >= 4 is 51.6 Å². The number of benzene rings is 2. The molecular formula is C14H13ClINS. The van der Waals surface area contributed by atoms with Crippen molar-refractivity contribution in [2.45, 2.75) is 4.90 Å². The predicted octanol–water partition coefficient (Wildman–Crippen LogP) is 5.15. The minimum atomic E-state index is 0.784. The molecule has 0 aliphatic heterocycles. The Morgan fingerprint density at radius 3 is 2.61 bits per heavy atom. The van der Waals surface area contributed by atoms with Crippen LogP contribution in [-0.4, -0.2) is 12.3 Å². The lowest BCUT2D eigenvalue weighted by Gasteiger charge is -2.08. The van der Waals surface area contributed by atoms with E-state index < -0.39 is 0 Å². The van der Waals surface area contributed by atoms with Crippen LogP contribution in [0.3, 0.4) is 0 Å². The highest BCUT2D eigenvalue weighted by molar-refractivity contribution is 14.1. The molecule has 0 saturated heterocycles. The zero-order valence-corrected chi connectivity index (χ0v) is 13.4. The van der Waals surface area contributed by atoms with Gasteiger partial charge in [0.1, 0.15) is 0 Å². The minimum Gasteiger partial charge on any atom is -0.383 e. The van der Waals surface area contributed by atoms with Gasteiger partial charge in [-0.05, 0) is 52.9 Å². The maximum Gasteiger partial charge on any atom is 0.0648 e. The molecule has 0 aromatic heterocycles. The summed E-state index contributed by atoms with van der Waals surface area (Å²) in [5.74, 6) is 1.02. The van der Waals surface area contributed by atoms with Crippen molar-refractivity contribution in [1.29, 1.82) is 0 Å². The average Bonchev–Trinajstić information content (AvgIpc) is 2.38. The van der Waals surface area contributed by atoms with Crippen LogP contribution in [0.2, 0.25) is 5.02 Å². The number of thioether (sulfide) groups is 1. The molecule has 2 aromatic rings. The van der Waals surface area contributed by atoms with Gasteiger partial charge in [0, 0.05) is 20.8 Å². The van der Waals surface area contributed by atoms with Gasteiger partial charge in [-0.3, -0.25) is 0 Å². The van der Waals surface area contributed by atoms with Crippen molar-refractivity contribution in [2.24, 2.45) is 0 Å². The van der Waals surface area contributed by atoms with Gasteiger partial charge >= 0.3 is 0 Å². The van der Waals surface area contributed by atoms with E-state index in [1.807, 2.05) is 30.0 Å². The van der Waals surface area contributed by atoms with Crippen molar-refractivity contribution in [1.82, 2.24) is 0 Å². The summed E-state index contributed by atoms with van der Waals surface area (Å²) in [5, 5.41) is 4.14. The molecule has 0 saturated carbocycles. The lowest BCUT2D eigenvalue weighted by molar-refractivity contribution is 1.22. The standard InChI is InChI=1S/C14H13ClINS/c15-13-10-11(16)6-7-14(13)17-8-9-18-12-4-2-1-3-5-12/h1-7,10,17H,8-9H2. The van der Waals surface area contributed by atoms with Gasteiger partial charge < -0.3 is 5.32 Å². The van der Waals surface area contributed by atoms with Crippen LogP contribution in [-0.2, 0) is 0 Å².